The van der Waals surface area contributed by atoms with Crippen LogP contribution in [0.2, 0.25) is 0 Å². The standard InChI is InChI=1S/C21H24N8O2/c1-13(30)27(3)21(2)9-15(10-21)24-20-25-19(31-4)18-16(7-8-28(18)26-20)14-5-6-17-22-12-23-29(17)11-14/h5-8,11-12,15H,9-10H2,1-4H3,(H,24,26). The van der Waals surface area contributed by atoms with Crippen molar-refractivity contribution in [2.45, 2.75) is 38.3 Å². The van der Waals surface area contributed by atoms with Crippen LogP contribution in [0, 0.1) is 0 Å². The van der Waals surface area contributed by atoms with Gasteiger partial charge in [0.25, 0.3) is 0 Å². The van der Waals surface area contributed by atoms with E-state index < -0.39 is 0 Å². The molecule has 160 valence electrons. The summed E-state index contributed by atoms with van der Waals surface area (Å²) in [4.78, 5) is 22.3. The second-order valence-electron chi connectivity index (χ2n) is 8.27. The third kappa shape index (κ3) is 3.15. The van der Waals surface area contributed by atoms with Crippen molar-refractivity contribution in [2.24, 2.45) is 0 Å². The Kier molecular flexibility index (Phi) is 4.31. The molecule has 0 aliphatic heterocycles. The van der Waals surface area contributed by atoms with Crippen molar-refractivity contribution in [2.75, 3.05) is 19.5 Å². The first-order chi connectivity index (χ1) is 14.9. The van der Waals surface area contributed by atoms with E-state index >= 15 is 0 Å². The predicted molar refractivity (Wildman–Crippen MR) is 115 cm³/mol. The quantitative estimate of drug-likeness (QED) is 0.528. The fourth-order valence-electron chi connectivity index (χ4n) is 4.35. The lowest BCUT2D eigenvalue weighted by molar-refractivity contribution is -0.136. The van der Waals surface area contributed by atoms with Crippen molar-refractivity contribution in [1.29, 1.82) is 0 Å². The van der Waals surface area contributed by atoms with E-state index in [1.54, 1.807) is 28.0 Å². The molecule has 0 bridgehead atoms. The van der Waals surface area contributed by atoms with E-state index in [9.17, 15) is 4.79 Å². The fourth-order valence-corrected chi connectivity index (χ4v) is 4.35. The van der Waals surface area contributed by atoms with Gasteiger partial charge in [0.2, 0.25) is 17.7 Å². The Balaban J connectivity index is 1.43. The zero-order valence-electron chi connectivity index (χ0n) is 17.9. The summed E-state index contributed by atoms with van der Waals surface area (Å²) >= 11 is 0. The summed E-state index contributed by atoms with van der Waals surface area (Å²) in [6.45, 7) is 3.69. The number of hydrogen-bond donors (Lipinski definition) is 1. The number of nitrogens with one attached hydrogen (secondary N) is 1. The molecule has 5 rings (SSSR count). The van der Waals surface area contributed by atoms with Crippen LogP contribution in [0.4, 0.5) is 5.95 Å². The number of aromatic nitrogens is 6. The average Bonchev–Trinajstić information content (AvgIpc) is 3.37. The normalized spacial score (nSPS) is 20.6. The fraction of sp³-hybridized carbons (Fsp3) is 0.381. The van der Waals surface area contributed by atoms with Crippen LogP contribution in [0.15, 0.2) is 36.9 Å². The molecule has 0 spiro atoms. The second kappa shape index (κ2) is 6.93. The smallest absolute Gasteiger partial charge is 0.244 e. The lowest BCUT2D eigenvalue weighted by Gasteiger charge is -2.50. The molecule has 31 heavy (non-hydrogen) atoms. The molecule has 1 saturated carbocycles. The third-order valence-corrected chi connectivity index (χ3v) is 6.25. The maximum absolute atomic E-state index is 11.7. The minimum absolute atomic E-state index is 0.0734. The van der Waals surface area contributed by atoms with E-state index in [0.717, 1.165) is 35.1 Å². The van der Waals surface area contributed by atoms with Gasteiger partial charge in [-0.15, -0.1) is 5.10 Å². The topological polar surface area (TPSA) is 102 Å². The second-order valence-corrected chi connectivity index (χ2v) is 8.27. The van der Waals surface area contributed by atoms with Gasteiger partial charge in [-0.2, -0.15) is 10.1 Å². The SMILES string of the molecule is COc1nc(NC2CC(C)(N(C)C(C)=O)C2)nn2ccc(-c3ccc4ncnn4c3)c12. The van der Waals surface area contributed by atoms with E-state index in [2.05, 4.69) is 32.4 Å². The Morgan fingerprint density at radius 3 is 2.84 bits per heavy atom. The van der Waals surface area contributed by atoms with Crippen LogP contribution in [-0.2, 0) is 4.79 Å². The molecule has 4 aromatic heterocycles. The van der Waals surface area contributed by atoms with Crippen molar-refractivity contribution in [3.05, 3.63) is 36.9 Å². The highest BCUT2D eigenvalue weighted by molar-refractivity contribution is 5.84. The largest absolute Gasteiger partial charge is 0.479 e. The maximum Gasteiger partial charge on any atom is 0.244 e. The molecule has 4 aromatic rings. The lowest BCUT2D eigenvalue weighted by Crippen LogP contribution is -2.59. The van der Waals surface area contributed by atoms with Gasteiger partial charge in [-0.3, -0.25) is 4.79 Å². The van der Waals surface area contributed by atoms with Gasteiger partial charge in [0.15, 0.2) is 5.65 Å². The van der Waals surface area contributed by atoms with Crippen LogP contribution < -0.4 is 10.1 Å². The Labute approximate surface area is 178 Å². The molecule has 1 amide bonds. The Morgan fingerprint density at radius 2 is 2.10 bits per heavy atom. The molecule has 4 heterocycles. The molecular weight excluding hydrogens is 396 g/mol. The lowest BCUT2D eigenvalue weighted by atomic mass is 9.73. The molecule has 0 radical (unpaired) electrons. The number of pyridine rings is 1. The summed E-state index contributed by atoms with van der Waals surface area (Å²) in [5.41, 5.74) is 3.33. The van der Waals surface area contributed by atoms with Gasteiger partial charge in [0, 0.05) is 49.1 Å². The highest BCUT2D eigenvalue weighted by Crippen LogP contribution is 2.39. The van der Waals surface area contributed by atoms with Crippen LogP contribution in [0.3, 0.4) is 0 Å². The molecule has 0 aromatic carbocycles. The first-order valence-electron chi connectivity index (χ1n) is 10.1. The van der Waals surface area contributed by atoms with Crippen LogP contribution in [0.1, 0.15) is 26.7 Å². The number of methoxy groups -OCH3 is 1. The number of amides is 1. The van der Waals surface area contributed by atoms with Crippen LogP contribution in [-0.4, -0.2) is 65.7 Å². The van der Waals surface area contributed by atoms with E-state index in [-0.39, 0.29) is 17.5 Å². The Morgan fingerprint density at radius 1 is 1.29 bits per heavy atom. The van der Waals surface area contributed by atoms with Crippen molar-refractivity contribution in [1.82, 2.24) is 34.1 Å². The number of anilines is 1. The number of ether oxygens (including phenoxy) is 1. The van der Waals surface area contributed by atoms with Gasteiger partial charge >= 0.3 is 0 Å². The molecule has 0 unspecified atom stereocenters. The van der Waals surface area contributed by atoms with E-state index in [4.69, 9.17) is 4.74 Å². The van der Waals surface area contributed by atoms with Gasteiger partial charge in [-0.05, 0) is 38.0 Å². The van der Waals surface area contributed by atoms with Crippen molar-refractivity contribution in [3.8, 4) is 17.0 Å². The minimum Gasteiger partial charge on any atom is -0.479 e. The molecule has 0 atom stereocenters. The molecule has 1 aliphatic rings. The monoisotopic (exact) mass is 420 g/mol. The Hall–Kier alpha value is -3.69. The van der Waals surface area contributed by atoms with Gasteiger partial charge in [-0.25, -0.2) is 14.0 Å². The molecular formula is C21H24N8O2. The summed E-state index contributed by atoms with van der Waals surface area (Å²) in [7, 11) is 3.45. The number of fused-ring (bicyclic) bond motifs is 2. The van der Waals surface area contributed by atoms with E-state index in [1.807, 2.05) is 37.6 Å². The number of carbonyl (C=O) groups is 1. The first-order valence-corrected chi connectivity index (χ1v) is 10.1. The van der Waals surface area contributed by atoms with Gasteiger partial charge in [0.05, 0.1) is 7.11 Å². The zero-order chi connectivity index (χ0) is 21.8. The van der Waals surface area contributed by atoms with Crippen LogP contribution in [0.25, 0.3) is 22.3 Å². The van der Waals surface area contributed by atoms with Crippen molar-refractivity contribution in [3.63, 3.8) is 0 Å². The first kappa shape index (κ1) is 19.3. The summed E-state index contributed by atoms with van der Waals surface area (Å²) in [5.74, 6) is 1.05. The number of rotatable bonds is 5. The zero-order valence-corrected chi connectivity index (χ0v) is 17.9. The summed E-state index contributed by atoms with van der Waals surface area (Å²) in [6, 6.07) is 6.09. The summed E-state index contributed by atoms with van der Waals surface area (Å²) in [5, 5.41) is 12.2. The summed E-state index contributed by atoms with van der Waals surface area (Å²) < 4.78 is 9.11. The number of carbonyl (C=O) groups excluding carboxylic acids is 1. The molecule has 10 heteroatoms. The Bertz CT molecular complexity index is 1290. The molecule has 0 saturated heterocycles. The average molecular weight is 420 g/mol. The van der Waals surface area contributed by atoms with Gasteiger partial charge in [0.1, 0.15) is 11.8 Å². The van der Waals surface area contributed by atoms with Gasteiger partial charge < -0.3 is 15.0 Å². The summed E-state index contributed by atoms with van der Waals surface area (Å²) in [6.07, 6.45) is 7.01. The van der Waals surface area contributed by atoms with Crippen LogP contribution >= 0.6 is 0 Å². The minimum atomic E-state index is -0.141. The van der Waals surface area contributed by atoms with E-state index in [1.165, 1.54) is 6.33 Å². The molecule has 1 N–H and O–H groups in total. The predicted octanol–water partition coefficient (Wildman–Crippen LogP) is 2.26. The highest BCUT2D eigenvalue weighted by Gasteiger charge is 2.44. The maximum atomic E-state index is 11.7. The van der Waals surface area contributed by atoms with Gasteiger partial charge in [-0.1, -0.05) is 0 Å². The van der Waals surface area contributed by atoms with Crippen molar-refractivity contribution < 1.29 is 9.53 Å². The molecule has 1 fully saturated rings. The van der Waals surface area contributed by atoms with E-state index in [0.29, 0.717) is 11.8 Å². The number of nitrogens with zero attached hydrogens (tertiary/aromatic N) is 7. The van der Waals surface area contributed by atoms with Crippen LogP contribution in [0.5, 0.6) is 5.88 Å². The molecule has 10 nitrogen and oxygen atoms in total. The highest BCUT2D eigenvalue weighted by atomic mass is 16.5. The molecule has 1 aliphatic carbocycles. The number of hydrogen-bond acceptors (Lipinski definition) is 7. The third-order valence-electron chi connectivity index (χ3n) is 6.25. The van der Waals surface area contributed by atoms with Crippen molar-refractivity contribution >= 4 is 23.0 Å².